The molecule has 0 saturated carbocycles. The molecule has 9 heteroatoms. The van der Waals surface area contributed by atoms with Crippen LogP contribution in [0.1, 0.15) is 124 Å². The average molecular weight is 661 g/mol. The van der Waals surface area contributed by atoms with Crippen LogP contribution in [0, 0.1) is 5.41 Å². The van der Waals surface area contributed by atoms with E-state index in [-0.39, 0.29) is 29.8 Å². The molecule has 0 unspecified atom stereocenters. The molecular weight excluding hydrogens is 588 g/mol. The van der Waals surface area contributed by atoms with Crippen molar-refractivity contribution < 1.29 is 44.2 Å². The second kappa shape index (κ2) is 28.3. The number of esters is 1. The molecule has 274 valence electrons. The van der Waals surface area contributed by atoms with Gasteiger partial charge in [-0.1, -0.05) is 93.7 Å². The van der Waals surface area contributed by atoms with Gasteiger partial charge in [-0.05, 0) is 53.2 Å². The maximum atomic E-state index is 13.0. The Morgan fingerprint density at radius 2 is 0.978 bits per heavy atom. The normalized spacial score (nSPS) is 11.4. The Morgan fingerprint density at radius 3 is 1.28 bits per heavy atom. The van der Waals surface area contributed by atoms with Crippen molar-refractivity contribution in [1.82, 2.24) is 0 Å². The molecule has 46 heavy (non-hydrogen) atoms. The van der Waals surface area contributed by atoms with Gasteiger partial charge >= 0.3 is 5.97 Å². The second-order valence-corrected chi connectivity index (χ2v) is 13.4. The third-order valence-corrected chi connectivity index (χ3v) is 7.09. The van der Waals surface area contributed by atoms with Crippen molar-refractivity contribution in [3.05, 3.63) is 28.8 Å². The van der Waals surface area contributed by atoms with E-state index in [0.717, 1.165) is 76.5 Å². The van der Waals surface area contributed by atoms with E-state index < -0.39 is 5.41 Å². The van der Waals surface area contributed by atoms with Crippen LogP contribution in [0.15, 0.2) is 12.1 Å². The Morgan fingerprint density at radius 1 is 0.630 bits per heavy atom. The maximum Gasteiger partial charge on any atom is 0.306 e. The molecule has 9 nitrogen and oxygen atoms in total. The van der Waals surface area contributed by atoms with Crippen LogP contribution >= 0.6 is 0 Å². The summed E-state index contributed by atoms with van der Waals surface area (Å²) in [4.78, 5) is 13.0. The lowest BCUT2D eigenvalue weighted by Gasteiger charge is -2.32. The van der Waals surface area contributed by atoms with Gasteiger partial charge in [0.25, 0.3) is 0 Å². The zero-order chi connectivity index (χ0) is 36.2. The molecule has 0 aliphatic rings. The van der Waals surface area contributed by atoms with E-state index in [4.69, 9.17) is 34.3 Å². The minimum Gasteiger partial charge on any atom is -0.507 e. The van der Waals surface area contributed by atoms with E-state index in [1.165, 1.54) is 0 Å². The Bertz CT molecular complexity index is 791. The summed E-state index contributed by atoms with van der Waals surface area (Å²) < 4.78 is 24.0. The first kappa shape index (κ1) is 48.6. The predicted octanol–water partition coefficient (Wildman–Crippen LogP) is 6.73. The van der Waals surface area contributed by atoms with Gasteiger partial charge in [0.05, 0.1) is 25.2 Å². The number of benzene rings is 1. The molecule has 1 aromatic carbocycles. The molecule has 1 rings (SSSR count). The van der Waals surface area contributed by atoms with E-state index >= 15 is 0 Å². The summed E-state index contributed by atoms with van der Waals surface area (Å²) in [6, 6.07) is 4.07. The number of hydrogen-bond donors (Lipinski definition) is 4. The topological polar surface area (TPSA) is 135 Å². The fourth-order valence-corrected chi connectivity index (χ4v) is 4.39. The lowest BCUT2D eigenvalue weighted by Crippen LogP contribution is -2.42. The molecule has 0 bridgehead atoms. The first-order valence-corrected chi connectivity index (χ1v) is 16.9. The number of carbonyl (C=O) groups excluding carboxylic acids is 1. The van der Waals surface area contributed by atoms with Crippen LogP contribution < -0.4 is 0 Å². The van der Waals surface area contributed by atoms with Crippen molar-refractivity contribution in [2.75, 3.05) is 67.6 Å². The number of aliphatic hydroxyl groups excluding tert-OH is 3. The summed E-state index contributed by atoms with van der Waals surface area (Å²) in [5, 5.41) is 32.0. The molecule has 0 heterocycles. The molecule has 1 aromatic rings. The summed E-state index contributed by atoms with van der Waals surface area (Å²) in [6.07, 6.45) is 6.96. The fraction of sp³-hybridized carbons (Fsp3) is 0.811. The van der Waals surface area contributed by atoms with Crippen LogP contribution in [-0.2, 0) is 41.0 Å². The first-order valence-electron chi connectivity index (χ1n) is 16.9. The van der Waals surface area contributed by atoms with Crippen LogP contribution in [0.25, 0.3) is 0 Å². The highest BCUT2D eigenvalue weighted by Crippen LogP contribution is 2.40. The summed E-state index contributed by atoms with van der Waals surface area (Å²) in [6.45, 7) is 22.5. The van der Waals surface area contributed by atoms with Crippen molar-refractivity contribution in [3.63, 3.8) is 0 Å². The monoisotopic (exact) mass is 661 g/mol. The highest BCUT2D eigenvalue weighted by atomic mass is 16.5. The maximum absolute atomic E-state index is 13.0. The van der Waals surface area contributed by atoms with Crippen molar-refractivity contribution in [2.45, 2.75) is 125 Å². The minimum atomic E-state index is -0.539. The van der Waals surface area contributed by atoms with Gasteiger partial charge < -0.3 is 39.4 Å². The van der Waals surface area contributed by atoms with Crippen molar-refractivity contribution in [1.29, 1.82) is 0 Å². The molecule has 0 amide bonds. The van der Waals surface area contributed by atoms with Crippen LogP contribution in [0.3, 0.4) is 0 Å². The molecule has 0 spiro atoms. The quantitative estimate of drug-likeness (QED) is 0.0888. The molecule has 0 aliphatic heterocycles. The third-order valence-electron chi connectivity index (χ3n) is 7.09. The summed E-state index contributed by atoms with van der Waals surface area (Å²) in [5.74, 6) is 0.105. The lowest BCUT2D eigenvalue weighted by molar-refractivity contribution is -0.156. The van der Waals surface area contributed by atoms with E-state index in [1.54, 1.807) is 0 Å². The number of aryl methyl sites for hydroxylation is 1. The van der Waals surface area contributed by atoms with Crippen molar-refractivity contribution in [3.8, 4) is 5.75 Å². The van der Waals surface area contributed by atoms with Crippen molar-refractivity contribution in [2.24, 2.45) is 5.41 Å². The second-order valence-electron chi connectivity index (χ2n) is 13.4. The number of aromatic hydroxyl groups is 1. The number of ether oxygens (including phenoxy) is 4. The molecule has 0 fully saturated rings. The number of rotatable bonds is 20. The van der Waals surface area contributed by atoms with Gasteiger partial charge in [-0.25, -0.2) is 0 Å². The molecule has 0 aliphatic carbocycles. The lowest BCUT2D eigenvalue weighted by atomic mass is 9.78. The minimum absolute atomic E-state index is 0.201. The fourth-order valence-electron chi connectivity index (χ4n) is 4.39. The molecule has 0 radical (unpaired) electrons. The Labute approximate surface area is 282 Å². The Kier molecular flexibility index (Phi) is 29.9. The number of phenolic OH excluding ortho intramolecular Hbond substituents is 1. The molecule has 0 atom stereocenters. The molecule has 4 N–H and O–H groups in total. The molecule has 0 saturated heterocycles. The number of phenols is 1. The van der Waals surface area contributed by atoms with Crippen molar-refractivity contribution >= 4 is 5.97 Å². The highest BCUT2D eigenvalue weighted by molar-refractivity contribution is 5.70. The van der Waals surface area contributed by atoms with Gasteiger partial charge in [0.2, 0.25) is 0 Å². The third kappa shape index (κ3) is 21.2. The Balaban J connectivity index is -0.00000290. The smallest absolute Gasteiger partial charge is 0.306 e. The first-order chi connectivity index (χ1) is 21.8. The summed E-state index contributed by atoms with van der Waals surface area (Å²) in [7, 11) is 3.00. The number of carbonyl (C=O) groups is 1. The average Bonchev–Trinajstić information content (AvgIpc) is 3.03. The van der Waals surface area contributed by atoms with Crippen LogP contribution in [0.2, 0.25) is 0 Å². The van der Waals surface area contributed by atoms with Gasteiger partial charge in [0, 0.05) is 47.6 Å². The van der Waals surface area contributed by atoms with Gasteiger partial charge in [0.15, 0.2) is 0 Å². The zero-order valence-electron chi connectivity index (χ0n) is 31.6. The largest absolute Gasteiger partial charge is 0.507 e. The summed E-state index contributed by atoms with van der Waals surface area (Å²) in [5.41, 5.74) is 1.87. The van der Waals surface area contributed by atoms with Crippen LogP contribution in [0.5, 0.6) is 5.75 Å². The van der Waals surface area contributed by atoms with Gasteiger partial charge in [0.1, 0.15) is 12.4 Å². The van der Waals surface area contributed by atoms with Gasteiger partial charge in [-0.3, -0.25) is 4.79 Å². The van der Waals surface area contributed by atoms with Gasteiger partial charge in [-0.2, -0.15) is 0 Å². The standard InChI is InChI=1S/C34H60O6.3CH4O/c1-10-13-18-37-23-34(24-38-19-14-11-2,25-39-20-15-12-3)26-40-30(35)17-16-27-21-28(32(4,5)6)31(36)29(22-27)33(7,8)9;3*1-2/h21-22,36H,10-20,23-26H2,1-9H3;3*2H,1H3. The van der Waals surface area contributed by atoms with E-state index in [2.05, 4.69) is 62.3 Å². The Hall–Kier alpha value is -1.75. The van der Waals surface area contributed by atoms with Crippen LogP contribution in [0.4, 0.5) is 0 Å². The number of unbranched alkanes of at least 4 members (excludes halogenated alkanes) is 3. The van der Waals surface area contributed by atoms with Gasteiger partial charge in [-0.15, -0.1) is 0 Å². The highest BCUT2D eigenvalue weighted by Gasteiger charge is 2.34. The summed E-state index contributed by atoms with van der Waals surface area (Å²) >= 11 is 0. The predicted molar refractivity (Wildman–Crippen MR) is 189 cm³/mol. The number of hydrogen-bond acceptors (Lipinski definition) is 9. The molecule has 0 aromatic heterocycles. The SMILES string of the molecule is CCCCOCC(COCCCC)(COCCCC)COC(=O)CCc1cc(C(C)(C)C)c(O)c(C(C)(C)C)c1.CO.CO.CO. The van der Waals surface area contributed by atoms with Crippen LogP contribution in [-0.4, -0.2) is 94.0 Å². The zero-order valence-corrected chi connectivity index (χ0v) is 31.6. The number of aliphatic hydroxyl groups is 3. The van der Waals surface area contributed by atoms with E-state index in [0.29, 0.717) is 51.8 Å². The van der Waals surface area contributed by atoms with E-state index in [9.17, 15) is 9.90 Å². The molecular formula is C37H72O9. The van der Waals surface area contributed by atoms with E-state index in [1.807, 2.05) is 12.1 Å².